The van der Waals surface area contributed by atoms with Gasteiger partial charge in [0.15, 0.2) is 5.82 Å². The molecule has 0 saturated heterocycles. The lowest BCUT2D eigenvalue weighted by Gasteiger charge is -2.08. The standard InChI is InChI=1S/C16H19N3O5/c1-23-12-7-11(8-13(9-12)24-2)3-4-15(20)17-14-5-6-19(18-14)10-16(21)22/h5-9H,3-4,10H2,1-2H3,(H,21,22)(H,17,18,20). The molecule has 1 aromatic heterocycles. The molecule has 2 rings (SSSR count). The van der Waals surface area contributed by atoms with Gasteiger partial charge in [-0.25, -0.2) is 0 Å². The summed E-state index contributed by atoms with van der Waals surface area (Å²) < 4.78 is 11.6. The van der Waals surface area contributed by atoms with Gasteiger partial charge in [-0.2, -0.15) is 5.10 Å². The molecule has 0 fully saturated rings. The van der Waals surface area contributed by atoms with Crippen molar-refractivity contribution in [3.05, 3.63) is 36.0 Å². The molecule has 2 aromatic rings. The van der Waals surface area contributed by atoms with Gasteiger partial charge in [0.1, 0.15) is 18.0 Å². The number of carbonyl (C=O) groups is 2. The van der Waals surface area contributed by atoms with E-state index in [0.717, 1.165) is 5.56 Å². The van der Waals surface area contributed by atoms with Gasteiger partial charge in [-0.05, 0) is 24.1 Å². The number of carboxylic acid groups (broad SMARTS) is 1. The van der Waals surface area contributed by atoms with Gasteiger partial charge < -0.3 is 19.9 Å². The molecule has 0 aliphatic carbocycles. The van der Waals surface area contributed by atoms with Crippen LogP contribution >= 0.6 is 0 Å². The number of nitrogens with zero attached hydrogens (tertiary/aromatic N) is 2. The van der Waals surface area contributed by atoms with E-state index in [-0.39, 0.29) is 18.9 Å². The fraction of sp³-hybridized carbons (Fsp3) is 0.312. The van der Waals surface area contributed by atoms with Crippen molar-refractivity contribution >= 4 is 17.7 Å². The molecule has 0 unspecified atom stereocenters. The van der Waals surface area contributed by atoms with E-state index in [1.54, 1.807) is 26.4 Å². The molecule has 8 heteroatoms. The molecule has 1 heterocycles. The first kappa shape index (κ1) is 17.3. The molecule has 128 valence electrons. The molecular weight excluding hydrogens is 314 g/mol. The van der Waals surface area contributed by atoms with Crippen LogP contribution in [0.3, 0.4) is 0 Å². The Hall–Kier alpha value is -3.03. The molecule has 1 amide bonds. The molecule has 0 spiro atoms. The van der Waals surface area contributed by atoms with Gasteiger partial charge in [-0.3, -0.25) is 14.3 Å². The number of anilines is 1. The predicted octanol–water partition coefficient (Wildman–Crippen LogP) is 1.56. The Kier molecular flexibility index (Phi) is 5.78. The van der Waals surface area contributed by atoms with Crippen LogP contribution in [0.2, 0.25) is 0 Å². The molecule has 0 aliphatic heterocycles. The van der Waals surface area contributed by atoms with Crippen molar-refractivity contribution in [1.29, 1.82) is 0 Å². The fourth-order valence-electron chi connectivity index (χ4n) is 2.13. The Labute approximate surface area is 139 Å². The topological polar surface area (TPSA) is 103 Å². The Morgan fingerprint density at radius 2 is 1.88 bits per heavy atom. The van der Waals surface area contributed by atoms with Crippen molar-refractivity contribution < 1.29 is 24.2 Å². The highest BCUT2D eigenvalue weighted by Crippen LogP contribution is 2.23. The highest BCUT2D eigenvalue weighted by atomic mass is 16.5. The van der Waals surface area contributed by atoms with E-state index in [0.29, 0.717) is 23.7 Å². The monoisotopic (exact) mass is 333 g/mol. The molecule has 0 atom stereocenters. The molecule has 0 radical (unpaired) electrons. The third kappa shape index (κ3) is 5.01. The number of aryl methyl sites for hydroxylation is 1. The van der Waals surface area contributed by atoms with Gasteiger partial charge in [0.2, 0.25) is 5.91 Å². The number of carboxylic acids is 1. The van der Waals surface area contributed by atoms with Crippen LogP contribution in [0.4, 0.5) is 5.82 Å². The average molecular weight is 333 g/mol. The lowest BCUT2D eigenvalue weighted by Crippen LogP contribution is -2.14. The number of rotatable bonds is 8. The summed E-state index contributed by atoms with van der Waals surface area (Å²) in [6.07, 6.45) is 2.26. The van der Waals surface area contributed by atoms with E-state index in [1.165, 1.54) is 10.9 Å². The third-order valence-electron chi connectivity index (χ3n) is 3.26. The van der Waals surface area contributed by atoms with Crippen LogP contribution in [0.15, 0.2) is 30.5 Å². The minimum absolute atomic E-state index is 0.211. The molecule has 1 aromatic carbocycles. The summed E-state index contributed by atoms with van der Waals surface area (Å²) in [7, 11) is 3.14. The first-order valence-electron chi connectivity index (χ1n) is 7.27. The van der Waals surface area contributed by atoms with Crippen LogP contribution in [-0.4, -0.2) is 41.0 Å². The van der Waals surface area contributed by atoms with Gasteiger partial charge >= 0.3 is 5.97 Å². The number of aliphatic carboxylic acids is 1. The van der Waals surface area contributed by atoms with Gasteiger partial charge in [0.25, 0.3) is 0 Å². The van der Waals surface area contributed by atoms with Gasteiger partial charge in [0.05, 0.1) is 14.2 Å². The SMILES string of the molecule is COc1cc(CCC(=O)Nc2ccn(CC(=O)O)n2)cc(OC)c1. The van der Waals surface area contributed by atoms with Crippen LogP contribution < -0.4 is 14.8 Å². The van der Waals surface area contributed by atoms with Crippen LogP contribution in [0, 0.1) is 0 Å². The number of aromatic nitrogens is 2. The van der Waals surface area contributed by atoms with E-state index in [4.69, 9.17) is 14.6 Å². The van der Waals surface area contributed by atoms with E-state index in [1.807, 2.05) is 12.1 Å². The number of nitrogens with one attached hydrogen (secondary N) is 1. The highest BCUT2D eigenvalue weighted by Gasteiger charge is 2.08. The van der Waals surface area contributed by atoms with Crippen molar-refractivity contribution in [1.82, 2.24) is 9.78 Å². The maximum Gasteiger partial charge on any atom is 0.325 e. The largest absolute Gasteiger partial charge is 0.497 e. The summed E-state index contributed by atoms with van der Waals surface area (Å²) in [6, 6.07) is 7.00. The first-order chi connectivity index (χ1) is 11.5. The summed E-state index contributed by atoms with van der Waals surface area (Å²) >= 11 is 0. The second-order valence-electron chi connectivity index (χ2n) is 5.06. The predicted molar refractivity (Wildman–Crippen MR) is 86.4 cm³/mol. The number of methoxy groups -OCH3 is 2. The van der Waals surface area contributed by atoms with Crippen LogP contribution in [0.1, 0.15) is 12.0 Å². The van der Waals surface area contributed by atoms with Crippen LogP contribution in [0.5, 0.6) is 11.5 Å². The summed E-state index contributed by atoms with van der Waals surface area (Å²) in [5.41, 5.74) is 0.915. The second-order valence-corrected chi connectivity index (χ2v) is 5.06. The number of hydrogen-bond acceptors (Lipinski definition) is 5. The lowest BCUT2D eigenvalue weighted by atomic mass is 10.1. The number of hydrogen-bond donors (Lipinski definition) is 2. The molecule has 24 heavy (non-hydrogen) atoms. The normalized spacial score (nSPS) is 10.2. The quantitative estimate of drug-likeness (QED) is 0.760. The summed E-state index contributed by atoms with van der Waals surface area (Å²) in [4.78, 5) is 22.6. The maximum atomic E-state index is 12.0. The van der Waals surface area contributed by atoms with Crippen molar-refractivity contribution in [3.8, 4) is 11.5 Å². The Bertz CT molecular complexity index is 704. The van der Waals surface area contributed by atoms with Crippen molar-refractivity contribution in [2.24, 2.45) is 0 Å². The third-order valence-corrected chi connectivity index (χ3v) is 3.26. The molecular formula is C16H19N3O5. The van der Waals surface area contributed by atoms with Crippen molar-refractivity contribution in [2.45, 2.75) is 19.4 Å². The number of amides is 1. The van der Waals surface area contributed by atoms with E-state index >= 15 is 0 Å². The minimum Gasteiger partial charge on any atom is -0.497 e. The Morgan fingerprint density at radius 3 is 2.46 bits per heavy atom. The maximum absolute atomic E-state index is 12.0. The van der Waals surface area contributed by atoms with E-state index in [9.17, 15) is 9.59 Å². The Balaban J connectivity index is 1.91. The summed E-state index contributed by atoms with van der Waals surface area (Å²) in [5.74, 6) is 0.444. The van der Waals surface area contributed by atoms with Crippen molar-refractivity contribution in [3.63, 3.8) is 0 Å². The second kappa shape index (κ2) is 8.00. The van der Waals surface area contributed by atoms with Gasteiger partial charge in [-0.1, -0.05) is 0 Å². The zero-order valence-electron chi connectivity index (χ0n) is 13.5. The van der Waals surface area contributed by atoms with Gasteiger partial charge in [0, 0.05) is 24.8 Å². The lowest BCUT2D eigenvalue weighted by molar-refractivity contribution is -0.137. The van der Waals surface area contributed by atoms with E-state index in [2.05, 4.69) is 10.4 Å². The van der Waals surface area contributed by atoms with Crippen LogP contribution in [-0.2, 0) is 22.6 Å². The summed E-state index contributed by atoms with van der Waals surface area (Å²) in [6.45, 7) is -0.251. The molecule has 8 nitrogen and oxygen atoms in total. The zero-order valence-corrected chi connectivity index (χ0v) is 13.5. The Morgan fingerprint density at radius 1 is 1.21 bits per heavy atom. The van der Waals surface area contributed by atoms with Crippen LogP contribution in [0.25, 0.3) is 0 Å². The molecule has 0 bridgehead atoms. The average Bonchev–Trinajstić information content (AvgIpc) is 2.98. The number of ether oxygens (including phenoxy) is 2. The molecule has 2 N–H and O–H groups in total. The van der Waals surface area contributed by atoms with E-state index < -0.39 is 5.97 Å². The molecule has 0 saturated carbocycles. The molecule has 0 aliphatic rings. The summed E-state index contributed by atoms with van der Waals surface area (Å²) in [5, 5.41) is 15.3. The van der Waals surface area contributed by atoms with Gasteiger partial charge in [-0.15, -0.1) is 0 Å². The van der Waals surface area contributed by atoms with Crippen molar-refractivity contribution in [2.75, 3.05) is 19.5 Å². The first-order valence-corrected chi connectivity index (χ1v) is 7.27. The smallest absolute Gasteiger partial charge is 0.325 e. The fourth-order valence-corrected chi connectivity index (χ4v) is 2.13. The number of benzene rings is 1. The minimum atomic E-state index is -0.997. The highest BCUT2D eigenvalue weighted by molar-refractivity contribution is 5.89. The number of carbonyl (C=O) groups excluding carboxylic acids is 1. The zero-order chi connectivity index (χ0) is 17.5.